The summed E-state index contributed by atoms with van der Waals surface area (Å²) in [6.45, 7) is 4.78. The van der Waals surface area contributed by atoms with E-state index >= 15 is 13.2 Å². The van der Waals surface area contributed by atoms with Gasteiger partial charge in [0.05, 0.1) is 6.61 Å². The molecule has 41 heavy (non-hydrogen) atoms. The third kappa shape index (κ3) is 10.1. The van der Waals surface area contributed by atoms with Crippen molar-refractivity contribution in [1.29, 1.82) is 0 Å². The number of hydrogen-bond donors (Lipinski definition) is 0. The van der Waals surface area contributed by atoms with Crippen LogP contribution in [0.4, 0.5) is 13.2 Å². The summed E-state index contributed by atoms with van der Waals surface area (Å²) in [5.74, 6) is -2.22. The molecule has 4 heteroatoms. The van der Waals surface area contributed by atoms with E-state index in [0.29, 0.717) is 12.2 Å². The zero-order valence-electron chi connectivity index (χ0n) is 25.5. The molecule has 226 valence electrons. The van der Waals surface area contributed by atoms with Gasteiger partial charge in [-0.3, -0.25) is 0 Å². The molecule has 1 aliphatic rings. The van der Waals surface area contributed by atoms with Crippen molar-refractivity contribution < 1.29 is 17.9 Å². The Morgan fingerprint density at radius 3 is 1.90 bits per heavy atom. The van der Waals surface area contributed by atoms with E-state index in [0.717, 1.165) is 32.1 Å². The molecule has 0 amide bonds. The van der Waals surface area contributed by atoms with Crippen LogP contribution < -0.4 is 4.74 Å². The molecule has 1 aliphatic carbocycles. The van der Waals surface area contributed by atoms with Crippen LogP contribution in [0, 0.1) is 11.6 Å². The molecule has 2 aromatic rings. The normalized spacial score (nSPS) is 16.7. The molecule has 0 fully saturated rings. The standard InChI is InChI=1S/C37H51F3O/c1-3-5-7-9-11-13-15-19-29-41-34-27-26-32(35(38)36(34)39)33-21-17-18-28-37(33,40)31-24-22-30(23-25-31)20-16-14-12-10-8-6-4-2/h17-18,21-27H,3-16,19-20,28-29H2,1-2H3. The fraction of sp³-hybridized carbons (Fsp3) is 0.568. The second kappa shape index (κ2) is 18.1. The Labute approximate surface area is 247 Å². The van der Waals surface area contributed by atoms with Gasteiger partial charge in [-0.1, -0.05) is 140 Å². The van der Waals surface area contributed by atoms with Crippen molar-refractivity contribution in [3.63, 3.8) is 0 Å². The summed E-state index contributed by atoms with van der Waals surface area (Å²) in [6, 6.07) is 10.4. The molecule has 0 N–H and O–H groups in total. The smallest absolute Gasteiger partial charge is 0.201 e. The first-order valence-electron chi connectivity index (χ1n) is 16.3. The molecule has 0 aliphatic heterocycles. The van der Waals surface area contributed by atoms with Crippen LogP contribution in [0.25, 0.3) is 5.57 Å². The van der Waals surface area contributed by atoms with Crippen LogP contribution in [-0.2, 0) is 12.1 Å². The highest BCUT2D eigenvalue weighted by molar-refractivity contribution is 5.77. The Morgan fingerprint density at radius 1 is 0.683 bits per heavy atom. The Balaban J connectivity index is 1.57. The molecule has 0 saturated heterocycles. The summed E-state index contributed by atoms with van der Waals surface area (Å²) >= 11 is 0. The van der Waals surface area contributed by atoms with Gasteiger partial charge in [0.1, 0.15) is 0 Å². The maximum Gasteiger partial charge on any atom is 0.201 e. The van der Waals surface area contributed by atoms with E-state index in [4.69, 9.17) is 4.74 Å². The summed E-state index contributed by atoms with van der Waals surface area (Å²) in [7, 11) is 0. The lowest BCUT2D eigenvalue weighted by Crippen LogP contribution is -2.24. The first kappa shape index (κ1) is 33.0. The highest BCUT2D eigenvalue weighted by Gasteiger charge is 2.39. The first-order valence-corrected chi connectivity index (χ1v) is 16.3. The van der Waals surface area contributed by atoms with E-state index in [1.807, 2.05) is 12.1 Å². The van der Waals surface area contributed by atoms with Crippen molar-refractivity contribution in [1.82, 2.24) is 0 Å². The monoisotopic (exact) mass is 568 g/mol. The molecule has 0 bridgehead atoms. The second-order valence-electron chi connectivity index (χ2n) is 11.6. The van der Waals surface area contributed by atoms with E-state index in [-0.39, 0.29) is 23.3 Å². The number of hydrogen-bond acceptors (Lipinski definition) is 1. The molecule has 0 heterocycles. The van der Waals surface area contributed by atoms with Crippen LogP contribution >= 0.6 is 0 Å². The SMILES string of the molecule is CCCCCCCCCCOc1ccc(C2=CC=CCC2(F)c2ccc(CCCCCCCCC)cc2)c(F)c1F. The van der Waals surface area contributed by atoms with Gasteiger partial charge in [-0.15, -0.1) is 0 Å². The van der Waals surface area contributed by atoms with Gasteiger partial charge >= 0.3 is 0 Å². The van der Waals surface area contributed by atoms with Gasteiger partial charge in [0, 0.05) is 17.6 Å². The van der Waals surface area contributed by atoms with Gasteiger partial charge in [0.2, 0.25) is 5.82 Å². The highest BCUT2D eigenvalue weighted by Crippen LogP contribution is 2.46. The van der Waals surface area contributed by atoms with Gasteiger partial charge in [-0.05, 0) is 42.5 Å². The Bertz CT molecular complexity index is 1090. The fourth-order valence-corrected chi connectivity index (χ4v) is 5.70. The Hall–Kier alpha value is -2.49. The van der Waals surface area contributed by atoms with Gasteiger partial charge < -0.3 is 4.74 Å². The Kier molecular flexibility index (Phi) is 14.6. The average Bonchev–Trinajstić information content (AvgIpc) is 2.99. The molecule has 3 rings (SSSR count). The molecule has 1 unspecified atom stereocenters. The number of benzene rings is 2. The van der Waals surface area contributed by atoms with Crippen LogP contribution in [-0.4, -0.2) is 6.61 Å². The molecule has 2 aromatic carbocycles. The minimum absolute atomic E-state index is 0.0547. The summed E-state index contributed by atoms with van der Waals surface area (Å²) in [6.07, 6.45) is 24.0. The van der Waals surface area contributed by atoms with Crippen LogP contribution in [0.1, 0.15) is 133 Å². The number of unbranched alkanes of at least 4 members (excludes halogenated alkanes) is 13. The van der Waals surface area contributed by atoms with Crippen molar-refractivity contribution in [2.75, 3.05) is 6.61 Å². The Morgan fingerprint density at radius 2 is 1.27 bits per heavy atom. The predicted octanol–water partition coefficient (Wildman–Crippen LogP) is 12.0. The predicted molar refractivity (Wildman–Crippen MR) is 167 cm³/mol. The average molecular weight is 569 g/mol. The zero-order chi connectivity index (χ0) is 29.3. The van der Waals surface area contributed by atoms with Gasteiger partial charge in [-0.2, -0.15) is 4.39 Å². The number of alkyl halides is 1. The van der Waals surface area contributed by atoms with Crippen LogP contribution in [0.15, 0.2) is 54.6 Å². The van der Waals surface area contributed by atoms with Gasteiger partial charge in [0.25, 0.3) is 0 Å². The third-order valence-corrected chi connectivity index (χ3v) is 8.30. The van der Waals surface area contributed by atoms with Crippen molar-refractivity contribution in [2.24, 2.45) is 0 Å². The largest absolute Gasteiger partial charge is 0.490 e. The quantitative estimate of drug-likeness (QED) is 0.144. The van der Waals surface area contributed by atoms with E-state index < -0.39 is 17.3 Å². The molecular weight excluding hydrogens is 517 g/mol. The van der Waals surface area contributed by atoms with Crippen molar-refractivity contribution >= 4 is 5.57 Å². The molecule has 0 aromatic heterocycles. The number of aryl methyl sites for hydroxylation is 1. The fourth-order valence-electron chi connectivity index (χ4n) is 5.70. The minimum Gasteiger partial charge on any atom is -0.490 e. The van der Waals surface area contributed by atoms with Crippen molar-refractivity contribution in [3.05, 3.63) is 83.0 Å². The van der Waals surface area contributed by atoms with E-state index in [2.05, 4.69) is 13.8 Å². The van der Waals surface area contributed by atoms with Crippen LogP contribution in [0.3, 0.4) is 0 Å². The first-order chi connectivity index (χ1) is 20.0. The summed E-state index contributed by atoms with van der Waals surface area (Å²) in [5, 5.41) is 0. The van der Waals surface area contributed by atoms with Crippen LogP contribution in [0.5, 0.6) is 5.75 Å². The van der Waals surface area contributed by atoms with Crippen molar-refractivity contribution in [3.8, 4) is 5.75 Å². The molecular formula is C37H51F3O. The molecule has 1 atom stereocenters. The maximum absolute atomic E-state index is 16.6. The lowest BCUT2D eigenvalue weighted by atomic mass is 9.78. The summed E-state index contributed by atoms with van der Waals surface area (Å²) in [5.41, 5.74) is -0.199. The van der Waals surface area contributed by atoms with Gasteiger partial charge in [0.15, 0.2) is 17.2 Å². The summed E-state index contributed by atoms with van der Waals surface area (Å²) < 4.78 is 52.6. The van der Waals surface area contributed by atoms with Crippen molar-refractivity contribution in [2.45, 2.75) is 129 Å². The topological polar surface area (TPSA) is 9.23 Å². The molecule has 0 saturated carbocycles. The number of allylic oxidation sites excluding steroid dienone is 4. The molecule has 0 radical (unpaired) electrons. The number of halogens is 3. The third-order valence-electron chi connectivity index (χ3n) is 8.30. The summed E-state index contributed by atoms with van der Waals surface area (Å²) in [4.78, 5) is 0. The number of ether oxygens (including phenoxy) is 1. The van der Waals surface area contributed by atoms with E-state index in [1.54, 1.807) is 30.4 Å². The van der Waals surface area contributed by atoms with Crippen LogP contribution in [0.2, 0.25) is 0 Å². The lowest BCUT2D eigenvalue weighted by Gasteiger charge is -2.30. The highest BCUT2D eigenvalue weighted by atomic mass is 19.2. The second-order valence-corrected chi connectivity index (χ2v) is 11.6. The molecule has 0 spiro atoms. The lowest BCUT2D eigenvalue weighted by molar-refractivity contribution is 0.248. The minimum atomic E-state index is -1.93. The van der Waals surface area contributed by atoms with Gasteiger partial charge in [-0.25, -0.2) is 8.78 Å². The van der Waals surface area contributed by atoms with E-state index in [1.165, 1.54) is 88.3 Å². The zero-order valence-corrected chi connectivity index (χ0v) is 25.5. The molecule has 1 nitrogen and oxygen atoms in total. The maximum atomic E-state index is 16.6. The number of rotatable bonds is 20. The van der Waals surface area contributed by atoms with E-state index in [9.17, 15) is 0 Å².